The van der Waals surface area contributed by atoms with E-state index in [2.05, 4.69) is 0 Å². The van der Waals surface area contributed by atoms with E-state index in [0.29, 0.717) is 5.56 Å². The van der Waals surface area contributed by atoms with Gasteiger partial charge in [-0.05, 0) is 43.5 Å². The number of carbonyl (C=O) groups excluding carboxylic acids is 1. The quantitative estimate of drug-likeness (QED) is 0.778. The van der Waals surface area contributed by atoms with Gasteiger partial charge in [0.05, 0.1) is 24.0 Å². The van der Waals surface area contributed by atoms with Crippen LogP contribution in [-0.4, -0.2) is 31.3 Å². The molecule has 0 spiro atoms. The Morgan fingerprint density at radius 3 is 2.67 bits per heavy atom. The van der Waals surface area contributed by atoms with E-state index in [1.807, 2.05) is 0 Å². The first-order valence-electron chi connectivity index (χ1n) is 8.43. The van der Waals surface area contributed by atoms with Crippen molar-refractivity contribution in [2.24, 2.45) is 0 Å². The molecule has 5 nitrogen and oxygen atoms in total. The van der Waals surface area contributed by atoms with Gasteiger partial charge in [0.2, 0.25) is 10.0 Å². The highest BCUT2D eigenvalue weighted by molar-refractivity contribution is 7.89. The number of fused-ring (bicyclic) bond motifs is 1. The Labute approximate surface area is 141 Å². The number of hydrogen-bond acceptors (Lipinski definition) is 4. The van der Waals surface area contributed by atoms with Gasteiger partial charge in [0, 0.05) is 6.04 Å². The number of sulfonamides is 1. The van der Waals surface area contributed by atoms with Gasteiger partial charge in [-0.2, -0.15) is 4.31 Å². The fraction of sp³-hybridized carbons (Fsp3) is 0.588. The Bertz CT molecular complexity index is 728. The Kier molecular flexibility index (Phi) is 4.92. The molecule has 1 fully saturated rings. The Morgan fingerprint density at radius 2 is 2.00 bits per heavy atom. The zero-order valence-corrected chi connectivity index (χ0v) is 14.5. The van der Waals surface area contributed by atoms with Crippen LogP contribution in [0.25, 0.3) is 0 Å². The maximum absolute atomic E-state index is 13.7. The fourth-order valence-corrected chi connectivity index (χ4v) is 5.88. The summed E-state index contributed by atoms with van der Waals surface area (Å²) in [5.41, 5.74) is 0.369. The second-order valence-electron chi connectivity index (χ2n) is 6.33. The summed E-state index contributed by atoms with van der Waals surface area (Å²) >= 11 is 0. The Hall–Kier alpha value is -1.47. The first-order chi connectivity index (χ1) is 11.4. The Balaban J connectivity index is 2.02. The van der Waals surface area contributed by atoms with E-state index in [0.717, 1.165) is 38.2 Å². The molecule has 132 valence electrons. The Morgan fingerprint density at radius 1 is 1.29 bits per heavy atom. The summed E-state index contributed by atoms with van der Waals surface area (Å²) in [6.07, 6.45) is 4.49. The standard InChI is InChI=1S/C17H22FNO4S/c1-2-23-17(20)11-15-14-10-12(18)8-9-16(14)24(21,22)19(15)13-6-4-3-5-7-13/h8-10,13,15H,2-7,11H2,1H3/t15-/m0/s1. The lowest BCUT2D eigenvalue weighted by atomic mass is 9.93. The lowest BCUT2D eigenvalue weighted by Crippen LogP contribution is -2.40. The van der Waals surface area contributed by atoms with Crippen molar-refractivity contribution < 1.29 is 22.3 Å². The third kappa shape index (κ3) is 3.07. The average Bonchev–Trinajstić information content (AvgIpc) is 2.75. The third-order valence-corrected chi connectivity index (χ3v) is 6.83. The number of benzene rings is 1. The van der Waals surface area contributed by atoms with Crippen molar-refractivity contribution in [2.75, 3.05) is 6.61 Å². The van der Waals surface area contributed by atoms with Crippen LogP contribution in [-0.2, 0) is 19.6 Å². The van der Waals surface area contributed by atoms with Crippen LogP contribution in [0, 0.1) is 5.82 Å². The van der Waals surface area contributed by atoms with Crippen molar-refractivity contribution in [3.63, 3.8) is 0 Å². The molecule has 0 aromatic heterocycles. The van der Waals surface area contributed by atoms with Crippen molar-refractivity contribution in [2.45, 2.75) is 62.4 Å². The molecule has 0 N–H and O–H groups in total. The smallest absolute Gasteiger partial charge is 0.307 e. The van der Waals surface area contributed by atoms with Gasteiger partial charge in [0.1, 0.15) is 5.82 Å². The minimum Gasteiger partial charge on any atom is -0.466 e. The molecule has 24 heavy (non-hydrogen) atoms. The van der Waals surface area contributed by atoms with Gasteiger partial charge < -0.3 is 4.74 Å². The van der Waals surface area contributed by atoms with E-state index < -0.39 is 27.9 Å². The molecule has 0 unspecified atom stereocenters. The zero-order valence-electron chi connectivity index (χ0n) is 13.7. The lowest BCUT2D eigenvalue weighted by Gasteiger charge is -2.33. The van der Waals surface area contributed by atoms with Crippen molar-refractivity contribution in [3.8, 4) is 0 Å². The van der Waals surface area contributed by atoms with Gasteiger partial charge >= 0.3 is 5.97 Å². The minimum atomic E-state index is -3.71. The predicted molar refractivity (Wildman–Crippen MR) is 86.3 cm³/mol. The fourth-order valence-electron chi connectivity index (χ4n) is 3.80. The van der Waals surface area contributed by atoms with E-state index in [-0.39, 0.29) is 24.0 Å². The number of hydrogen-bond donors (Lipinski definition) is 0. The molecule has 0 bridgehead atoms. The summed E-state index contributed by atoms with van der Waals surface area (Å²) in [6.45, 7) is 1.94. The zero-order chi connectivity index (χ0) is 17.3. The second-order valence-corrected chi connectivity index (χ2v) is 8.15. The van der Waals surface area contributed by atoms with Gasteiger partial charge in [-0.3, -0.25) is 4.79 Å². The number of ether oxygens (including phenoxy) is 1. The molecule has 1 aliphatic heterocycles. The summed E-state index contributed by atoms with van der Waals surface area (Å²) in [4.78, 5) is 12.1. The van der Waals surface area contributed by atoms with E-state index in [4.69, 9.17) is 4.74 Å². The van der Waals surface area contributed by atoms with Crippen molar-refractivity contribution in [3.05, 3.63) is 29.6 Å². The van der Waals surface area contributed by atoms with Crippen LogP contribution in [0.4, 0.5) is 4.39 Å². The molecule has 0 saturated heterocycles. The molecule has 0 radical (unpaired) electrons. The number of rotatable bonds is 4. The predicted octanol–water partition coefficient (Wildman–Crippen LogP) is 3.16. The molecule has 7 heteroatoms. The van der Waals surface area contributed by atoms with Crippen LogP contribution in [0.1, 0.15) is 57.1 Å². The van der Waals surface area contributed by atoms with Crippen LogP contribution in [0.15, 0.2) is 23.1 Å². The van der Waals surface area contributed by atoms with Crippen LogP contribution in [0.5, 0.6) is 0 Å². The van der Waals surface area contributed by atoms with Crippen LogP contribution >= 0.6 is 0 Å². The molecular formula is C17H22FNO4S. The van der Waals surface area contributed by atoms with Crippen molar-refractivity contribution in [1.82, 2.24) is 4.31 Å². The van der Waals surface area contributed by atoms with Gasteiger partial charge in [-0.1, -0.05) is 19.3 Å². The van der Waals surface area contributed by atoms with E-state index in [9.17, 15) is 17.6 Å². The van der Waals surface area contributed by atoms with Gasteiger partial charge in [0.25, 0.3) is 0 Å². The molecule has 1 saturated carbocycles. The number of nitrogens with zero attached hydrogens (tertiary/aromatic N) is 1. The van der Waals surface area contributed by atoms with Crippen molar-refractivity contribution >= 4 is 16.0 Å². The normalized spacial score (nSPS) is 23.8. The molecule has 0 amide bonds. The first kappa shape index (κ1) is 17.4. The van der Waals surface area contributed by atoms with Gasteiger partial charge in [-0.25, -0.2) is 12.8 Å². The highest BCUT2D eigenvalue weighted by Crippen LogP contribution is 2.45. The molecular weight excluding hydrogens is 333 g/mol. The van der Waals surface area contributed by atoms with E-state index in [1.165, 1.54) is 16.4 Å². The maximum atomic E-state index is 13.7. The summed E-state index contributed by atoms with van der Waals surface area (Å²) in [5.74, 6) is -0.959. The number of esters is 1. The SMILES string of the molecule is CCOC(=O)C[C@H]1c2cc(F)ccc2S(=O)(=O)N1C1CCCCC1. The summed E-state index contributed by atoms with van der Waals surface area (Å²) < 4.78 is 46.1. The molecule has 1 aliphatic carbocycles. The highest BCUT2D eigenvalue weighted by atomic mass is 32.2. The summed E-state index contributed by atoms with van der Waals surface area (Å²) in [6, 6.07) is 2.88. The van der Waals surface area contributed by atoms with E-state index in [1.54, 1.807) is 6.92 Å². The van der Waals surface area contributed by atoms with Crippen LogP contribution < -0.4 is 0 Å². The topological polar surface area (TPSA) is 63.7 Å². The maximum Gasteiger partial charge on any atom is 0.307 e. The van der Waals surface area contributed by atoms with Crippen LogP contribution in [0.3, 0.4) is 0 Å². The van der Waals surface area contributed by atoms with Gasteiger partial charge in [-0.15, -0.1) is 0 Å². The second kappa shape index (κ2) is 6.80. The summed E-state index contributed by atoms with van der Waals surface area (Å²) in [7, 11) is -3.71. The molecule has 2 aliphatic rings. The number of carbonyl (C=O) groups is 1. The van der Waals surface area contributed by atoms with Gasteiger partial charge in [0.15, 0.2) is 0 Å². The third-order valence-electron chi connectivity index (χ3n) is 4.79. The number of halogens is 1. The molecule has 1 aromatic rings. The lowest BCUT2D eigenvalue weighted by molar-refractivity contribution is -0.144. The van der Waals surface area contributed by atoms with E-state index >= 15 is 0 Å². The average molecular weight is 355 g/mol. The monoisotopic (exact) mass is 355 g/mol. The summed E-state index contributed by atoms with van der Waals surface area (Å²) in [5, 5.41) is 0. The molecule has 3 rings (SSSR count). The molecule has 1 aromatic carbocycles. The minimum absolute atomic E-state index is 0.0833. The first-order valence-corrected chi connectivity index (χ1v) is 9.87. The molecule has 1 heterocycles. The highest BCUT2D eigenvalue weighted by Gasteiger charge is 2.47. The van der Waals surface area contributed by atoms with Crippen molar-refractivity contribution in [1.29, 1.82) is 0 Å². The van der Waals surface area contributed by atoms with Crippen LogP contribution in [0.2, 0.25) is 0 Å². The molecule has 1 atom stereocenters. The largest absolute Gasteiger partial charge is 0.466 e.